The summed E-state index contributed by atoms with van der Waals surface area (Å²) in [5.41, 5.74) is 2.28. The molecule has 1 N–H and O–H groups in total. The maximum atomic E-state index is 5.34. The highest BCUT2D eigenvalue weighted by atomic mass is 32.1. The highest BCUT2D eigenvalue weighted by Gasteiger charge is 2.19. The van der Waals surface area contributed by atoms with E-state index in [9.17, 15) is 0 Å². The van der Waals surface area contributed by atoms with E-state index in [4.69, 9.17) is 9.47 Å². The number of ether oxygens (including phenoxy) is 2. The molecule has 6 nitrogen and oxygen atoms in total. The van der Waals surface area contributed by atoms with Crippen LogP contribution < -0.4 is 14.8 Å². The number of anilines is 1. The maximum absolute atomic E-state index is 5.34. The van der Waals surface area contributed by atoms with Gasteiger partial charge in [-0.25, -0.2) is 9.50 Å². The standard InChI is InChI=1S/C18H24N4O2S/c1-18(2,3)15-11-22-17(20-15)25-16(21-22)19-9-8-12-6-7-13(23-4)14(10-12)24-5/h6-7,10-11H,8-9H2,1-5H3,(H,19,21). The van der Waals surface area contributed by atoms with Gasteiger partial charge in [-0.05, 0) is 24.1 Å². The van der Waals surface area contributed by atoms with Crippen molar-refractivity contribution < 1.29 is 9.47 Å². The normalized spacial score (nSPS) is 11.7. The molecular formula is C18H24N4O2S. The Hall–Kier alpha value is -2.28. The SMILES string of the molecule is COc1ccc(CCNc2nn3cc(C(C)(C)C)nc3s2)cc1OC. The van der Waals surface area contributed by atoms with Gasteiger partial charge < -0.3 is 14.8 Å². The summed E-state index contributed by atoms with van der Waals surface area (Å²) in [5, 5.41) is 8.80. The molecule has 7 heteroatoms. The van der Waals surface area contributed by atoms with E-state index in [1.165, 1.54) is 5.56 Å². The Labute approximate surface area is 151 Å². The van der Waals surface area contributed by atoms with Crippen molar-refractivity contribution in [1.82, 2.24) is 14.6 Å². The number of imidazole rings is 1. The van der Waals surface area contributed by atoms with Crippen molar-refractivity contribution in [2.75, 3.05) is 26.1 Å². The lowest BCUT2D eigenvalue weighted by Gasteiger charge is -2.13. The van der Waals surface area contributed by atoms with Gasteiger partial charge in [0.15, 0.2) is 11.5 Å². The van der Waals surface area contributed by atoms with Crippen LogP contribution in [-0.2, 0) is 11.8 Å². The molecule has 0 saturated carbocycles. The van der Waals surface area contributed by atoms with Crippen LogP contribution in [0.2, 0.25) is 0 Å². The van der Waals surface area contributed by atoms with Crippen LogP contribution in [0.25, 0.3) is 4.96 Å². The lowest BCUT2D eigenvalue weighted by Crippen LogP contribution is -2.11. The van der Waals surface area contributed by atoms with Gasteiger partial charge in [-0.2, -0.15) is 0 Å². The number of rotatable bonds is 6. The highest BCUT2D eigenvalue weighted by Crippen LogP contribution is 2.28. The molecule has 0 fully saturated rings. The molecule has 3 aromatic rings. The molecule has 2 heterocycles. The predicted octanol–water partition coefficient (Wildman–Crippen LogP) is 3.76. The first-order valence-electron chi connectivity index (χ1n) is 8.22. The zero-order valence-corrected chi connectivity index (χ0v) is 16.1. The fraction of sp³-hybridized carbons (Fsp3) is 0.444. The second kappa shape index (κ2) is 6.92. The Bertz CT molecular complexity index is 832. The van der Waals surface area contributed by atoms with Gasteiger partial charge >= 0.3 is 0 Å². The molecular weight excluding hydrogens is 336 g/mol. The second-order valence-corrected chi connectivity index (χ2v) is 7.83. The first-order valence-corrected chi connectivity index (χ1v) is 9.04. The van der Waals surface area contributed by atoms with Crippen LogP contribution >= 0.6 is 11.3 Å². The van der Waals surface area contributed by atoms with Gasteiger partial charge in [-0.3, -0.25) is 0 Å². The third kappa shape index (κ3) is 3.87. The summed E-state index contributed by atoms with van der Waals surface area (Å²) in [4.78, 5) is 5.58. The van der Waals surface area contributed by atoms with Crippen molar-refractivity contribution in [2.24, 2.45) is 0 Å². The van der Waals surface area contributed by atoms with Gasteiger partial charge in [0.1, 0.15) is 0 Å². The van der Waals surface area contributed by atoms with Gasteiger partial charge in [-0.15, -0.1) is 5.10 Å². The molecule has 2 aromatic heterocycles. The number of benzene rings is 1. The van der Waals surface area contributed by atoms with E-state index >= 15 is 0 Å². The van der Waals surface area contributed by atoms with Gasteiger partial charge in [-0.1, -0.05) is 38.2 Å². The predicted molar refractivity (Wildman–Crippen MR) is 101 cm³/mol. The van der Waals surface area contributed by atoms with Crippen molar-refractivity contribution in [3.63, 3.8) is 0 Å². The Kier molecular flexibility index (Phi) is 4.85. The van der Waals surface area contributed by atoms with E-state index in [0.717, 1.165) is 40.3 Å². The van der Waals surface area contributed by atoms with E-state index in [-0.39, 0.29) is 5.41 Å². The molecule has 25 heavy (non-hydrogen) atoms. The second-order valence-electron chi connectivity index (χ2n) is 6.88. The van der Waals surface area contributed by atoms with E-state index < -0.39 is 0 Å². The molecule has 0 bridgehead atoms. The molecule has 0 unspecified atom stereocenters. The van der Waals surface area contributed by atoms with Gasteiger partial charge in [0.2, 0.25) is 10.1 Å². The first-order chi connectivity index (χ1) is 11.9. The molecule has 0 aliphatic rings. The largest absolute Gasteiger partial charge is 0.493 e. The third-order valence-electron chi connectivity index (χ3n) is 3.95. The smallest absolute Gasteiger partial charge is 0.214 e. The lowest BCUT2D eigenvalue weighted by molar-refractivity contribution is 0.354. The molecule has 0 spiro atoms. The van der Waals surface area contributed by atoms with Crippen LogP contribution in [0.3, 0.4) is 0 Å². The molecule has 0 saturated heterocycles. The minimum Gasteiger partial charge on any atom is -0.493 e. The molecule has 134 valence electrons. The van der Waals surface area contributed by atoms with Crippen molar-refractivity contribution in [1.29, 1.82) is 0 Å². The highest BCUT2D eigenvalue weighted by molar-refractivity contribution is 7.20. The Balaban J connectivity index is 1.62. The van der Waals surface area contributed by atoms with Gasteiger partial charge in [0.05, 0.1) is 26.1 Å². The number of aromatic nitrogens is 3. The number of nitrogens with zero attached hydrogens (tertiary/aromatic N) is 3. The Morgan fingerprint density at radius 3 is 2.56 bits per heavy atom. The topological polar surface area (TPSA) is 60.7 Å². The van der Waals surface area contributed by atoms with Crippen LogP contribution in [0, 0.1) is 0 Å². The summed E-state index contributed by atoms with van der Waals surface area (Å²) in [6, 6.07) is 5.98. The van der Waals surface area contributed by atoms with Crippen LogP contribution in [0.5, 0.6) is 11.5 Å². The van der Waals surface area contributed by atoms with Crippen molar-refractivity contribution in [3.8, 4) is 11.5 Å². The minimum atomic E-state index is 0.0361. The molecule has 0 amide bonds. The molecule has 0 aliphatic heterocycles. The number of hydrogen-bond acceptors (Lipinski definition) is 6. The zero-order chi connectivity index (χ0) is 18.0. The Morgan fingerprint density at radius 1 is 1.16 bits per heavy atom. The van der Waals surface area contributed by atoms with Crippen LogP contribution in [0.15, 0.2) is 24.4 Å². The average molecular weight is 360 g/mol. The fourth-order valence-corrected chi connectivity index (χ4v) is 3.29. The lowest BCUT2D eigenvalue weighted by atomic mass is 9.93. The minimum absolute atomic E-state index is 0.0361. The number of methoxy groups -OCH3 is 2. The van der Waals surface area contributed by atoms with E-state index in [0.29, 0.717) is 0 Å². The van der Waals surface area contributed by atoms with Gasteiger partial charge in [0.25, 0.3) is 0 Å². The van der Waals surface area contributed by atoms with Crippen LogP contribution in [-0.4, -0.2) is 35.4 Å². The van der Waals surface area contributed by atoms with E-state index in [2.05, 4.69) is 36.2 Å². The number of hydrogen-bond donors (Lipinski definition) is 1. The van der Waals surface area contributed by atoms with Crippen LogP contribution in [0.4, 0.5) is 5.13 Å². The zero-order valence-electron chi connectivity index (χ0n) is 15.3. The fourth-order valence-electron chi connectivity index (χ4n) is 2.48. The average Bonchev–Trinajstić information content (AvgIpc) is 3.13. The van der Waals surface area contributed by atoms with Crippen LogP contribution in [0.1, 0.15) is 32.0 Å². The summed E-state index contributed by atoms with van der Waals surface area (Å²) in [5.74, 6) is 1.50. The van der Waals surface area contributed by atoms with Crippen molar-refractivity contribution in [3.05, 3.63) is 35.7 Å². The summed E-state index contributed by atoms with van der Waals surface area (Å²) in [6.45, 7) is 7.25. The van der Waals surface area contributed by atoms with Crippen molar-refractivity contribution in [2.45, 2.75) is 32.6 Å². The third-order valence-corrected chi connectivity index (χ3v) is 4.83. The summed E-state index contributed by atoms with van der Waals surface area (Å²) in [7, 11) is 3.29. The van der Waals surface area contributed by atoms with E-state index in [1.807, 2.05) is 28.9 Å². The van der Waals surface area contributed by atoms with Gasteiger partial charge in [0, 0.05) is 12.0 Å². The number of fused-ring (bicyclic) bond motifs is 1. The number of nitrogens with one attached hydrogen (secondary N) is 1. The summed E-state index contributed by atoms with van der Waals surface area (Å²) in [6.07, 6.45) is 2.88. The maximum Gasteiger partial charge on any atom is 0.214 e. The Morgan fingerprint density at radius 2 is 1.92 bits per heavy atom. The molecule has 0 aliphatic carbocycles. The van der Waals surface area contributed by atoms with Crippen molar-refractivity contribution >= 4 is 21.4 Å². The monoisotopic (exact) mass is 360 g/mol. The summed E-state index contributed by atoms with van der Waals surface area (Å²) >= 11 is 1.57. The molecule has 0 radical (unpaired) electrons. The molecule has 3 rings (SSSR count). The quantitative estimate of drug-likeness (QED) is 0.725. The van der Waals surface area contributed by atoms with E-state index in [1.54, 1.807) is 25.6 Å². The molecule has 0 atom stereocenters. The first kappa shape index (κ1) is 17.5. The molecule has 1 aromatic carbocycles. The summed E-state index contributed by atoms with van der Waals surface area (Å²) < 4.78 is 12.5.